The highest BCUT2D eigenvalue weighted by Crippen LogP contribution is 2.10. The van der Waals surface area contributed by atoms with Crippen LogP contribution in [0.5, 0.6) is 0 Å². The van der Waals surface area contributed by atoms with Gasteiger partial charge >= 0.3 is 5.69 Å². The molecule has 0 saturated heterocycles. The van der Waals surface area contributed by atoms with Crippen molar-refractivity contribution in [2.24, 2.45) is 7.05 Å². The molecule has 0 unspecified atom stereocenters. The van der Waals surface area contributed by atoms with E-state index in [2.05, 4.69) is 5.10 Å². The summed E-state index contributed by atoms with van der Waals surface area (Å²) in [6.07, 6.45) is 0. The first-order valence-corrected chi connectivity index (χ1v) is 5.33. The van der Waals surface area contributed by atoms with E-state index in [9.17, 15) is 4.79 Å². The molecule has 1 heterocycles. The summed E-state index contributed by atoms with van der Waals surface area (Å²) in [5.74, 6) is 0. The molecule has 0 spiro atoms. The summed E-state index contributed by atoms with van der Waals surface area (Å²) < 4.78 is 2.12. The Balaban J connectivity index is 2.77. The molecule has 90 valence electrons. The fourth-order valence-electron chi connectivity index (χ4n) is 1.41. The van der Waals surface area contributed by atoms with E-state index < -0.39 is 5.69 Å². The van der Waals surface area contributed by atoms with Gasteiger partial charge in [-0.25, -0.2) is 4.79 Å². The van der Waals surface area contributed by atoms with Crippen LogP contribution in [0.25, 0.3) is 5.69 Å². The smallest absolute Gasteiger partial charge is 0.282 e. The van der Waals surface area contributed by atoms with E-state index in [-0.39, 0.29) is 11.2 Å². The van der Waals surface area contributed by atoms with Crippen molar-refractivity contribution in [3.63, 3.8) is 0 Å². The first kappa shape index (κ1) is 12.1. The summed E-state index contributed by atoms with van der Waals surface area (Å²) in [6.45, 7) is 0. The van der Waals surface area contributed by atoms with Crippen LogP contribution < -0.4 is 11.2 Å². The molecule has 0 aliphatic heterocycles. The van der Waals surface area contributed by atoms with Crippen LogP contribution in [0.1, 0.15) is 5.69 Å². The van der Waals surface area contributed by atoms with Gasteiger partial charge in [0, 0.05) is 12.1 Å². The molecule has 0 saturated carbocycles. The highest BCUT2D eigenvalue weighted by Gasteiger charge is 2.09. The maximum absolute atomic E-state index is 11.9. The molecule has 7 heteroatoms. The Bertz CT molecular complexity index is 751. The van der Waals surface area contributed by atoms with Gasteiger partial charge in [-0.3, -0.25) is 9.98 Å². The van der Waals surface area contributed by atoms with Crippen molar-refractivity contribution in [3.05, 3.63) is 51.0 Å². The Morgan fingerprint density at radius 2 is 2.00 bits per heavy atom. The van der Waals surface area contributed by atoms with Gasteiger partial charge in [-0.05, 0) is 24.3 Å². The fourth-order valence-corrected chi connectivity index (χ4v) is 1.54. The highest BCUT2D eigenvalue weighted by atomic mass is 35.5. The molecule has 18 heavy (non-hydrogen) atoms. The molecule has 2 aromatic rings. The Morgan fingerprint density at radius 1 is 1.39 bits per heavy atom. The lowest BCUT2D eigenvalue weighted by atomic mass is 10.3. The molecule has 1 N–H and O–H groups in total. The van der Waals surface area contributed by atoms with Gasteiger partial charge in [-0.1, -0.05) is 11.6 Å². The number of rotatable bonds is 1. The third kappa shape index (κ3) is 1.92. The molecular weight excluding hydrogens is 254 g/mol. The molecule has 0 bridgehead atoms. The average Bonchev–Trinajstić information content (AvgIpc) is 2.38. The lowest BCUT2D eigenvalue weighted by Gasteiger charge is -2.07. The normalized spacial score (nSPS) is 10.1. The highest BCUT2D eigenvalue weighted by molar-refractivity contribution is 6.30. The predicted molar refractivity (Wildman–Crippen MR) is 64.4 cm³/mol. The summed E-state index contributed by atoms with van der Waals surface area (Å²) in [4.78, 5) is 11.9. The maximum atomic E-state index is 11.9. The maximum Gasteiger partial charge on any atom is 0.350 e. The zero-order valence-corrected chi connectivity index (χ0v) is 10.1. The summed E-state index contributed by atoms with van der Waals surface area (Å²) >= 11 is 5.76. The summed E-state index contributed by atoms with van der Waals surface area (Å²) in [5.41, 5.74) is -0.349. The van der Waals surface area contributed by atoms with Crippen LogP contribution in [0.15, 0.2) is 29.1 Å². The number of nitriles is 1. The van der Waals surface area contributed by atoms with E-state index in [0.29, 0.717) is 10.7 Å². The van der Waals surface area contributed by atoms with Gasteiger partial charge in [-0.15, -0.1) is 5.10 Å². The van der Waals surface area contributed by atoms with Crippen LogP contribution in [-0.2, 0) is 7.05 Å². The van der Waals surface area contributed by atoms with E-state index in [0.717, 1.165) is 9.25 Å². The average molecular weight is 262 g/mol. The zero-order chi connectivity index (χ0) is 13.3. The van der Waals surface area contributed by atoms with E-state index in [1.165, 1.54) is 7.05 Å². The largest absolute Gasteiger partial charge is 0.350 e. The molecular formula is C11H8ClN5O. The summed E-state index contributed by atoms with van der Waals surface area (Å²) in [7, 11) is 1.42. The van der Waals surface area contributed by atoms with Gasteiger partial charge in [0.05, 0.1) is 5.69 Å². The lowest BCUT2D eigenvalue weighted by molar-refractivity contribution is 0.631. The molecule has 1 aromatic heterocycles. The first-order chi connectivity index (χ1) is 8.54. The van der Waals surface area contributed by atoms with Crippen LogP contribution in [0.2, 0.25) is 5.02 Å². The van der Waals surface area contributed by atoms with Crippen molar-refractivity contribution in [2.75, 3.05) is 0 Å². The van der Waals surface area contributed by atoms with Crippen LogP contribution in [0.4, 0.5) is 0 Å². The Morgan fingerprint density at radius 3 is 2.56 bits per heavy atom. The minimum atomic E-state index is -0.499. The predicted octanol–water partition coefficient (Wildman–Crippen LogP) is 0.576. The van der Waals surface area contributed by atoms with E-state index in [4.69, 9.17) is 22.3 Å². The van der Waals surface area contributed by atoms with E-state index >= 15 is 0 Å². The molecule has 1 aromatic carbocycles. The second-order valence-corrected chi connectivity index (χ2v) is 3.98. The van der Waals surface area contributed by atoms with Gasteiger partial charge in [0.1, 0.15) is 6.07 Å². The Hall–Kier alpha value is -2.39. The van der Waals surface area contributed by atoms with Crippen molar-refractivity contribution >= 4 is 11.6 Å². The third-order valence-corrected chi connectivity index (χ3v) is 2.66. The van der Waals surface area contributed by atoms with Gasteiger partial charge < -0.3 is 0 Å². The summed E-state index contributed by atoms with van der Waals surface area (Å²) in [5, 5.41) is 20.8. The van der Waals surface area contributed by atoms with Crippen LogP contribution >= 0.6 is 11.6 Å². The molecule has 2 rings (SSSR count). The van der Waals surface area contributed by atoms with Crippen LogP contribution in [0.3, 0.4) is 0 Å². The topological polar surface area (TPSA) is 87.5 Å². The van der Waals surface area contributed by atoms with Gasteiger partial charge in [0.25, 0.3) is 0 Å². The second-order valence-electron chi connectivity index (χ2n) is 3.54. The zero-order valence-electron chi connectivity index (χ0n) is 9.38. The number of aromatic nitrogens is 3. The van der Waals surface area contributed by atoms with E-state index in [1.807, 2.05) is 0 Å². The molecule has 0 aliphatic rings. The second kappa shape index (κ2) is 4.47. The number of nitrogens with zero attached hydrogens (tertiary/aromatic N) is 4. The number of hydrogen-bond acceptors (Lipinski definition) is 4. The number of halogens is 1. The minimum absolute atomic E-state index is 0.118. The third-order valence-electron chi connectivity index (χ3n) is 2.40. The Kier molecular flexibility index (Phi) is 3.00. The SMILES string of the molecule is Cn1c(=N)c(C#N)nn(-c2ccc(Cl)cc2)c1=O. The molecule has 0 aliphatic carbocycles. The fraction of sp³-hybridized carbons (Fsp3) is 0.0909. The van der Waals surface area contributed by atoms with Crippen molar-refractivity contribution in [3.8, 4) is 11.8 Å². The first-order valence-electron chi connectivity index (χ1n) is 4.95. The van der Waals surface area contributed by atoms with E-state index in [1.54, 1.807) is 30.3 Å². The monoisotopic (exact) mass is 261 g/mol. The number of nitrogens with one attached hydrogen (secondary N) is 1. The standard InChI is InChI=1S/C11H8ClN5O/c1-16-10(14)9(6-13)15-17(11(16)18)8-4-2-7(12)3-5-8/h2-5,14H,1H3. The lowest BCUT2D eigenvalue weighted by Crippen LogP contribution is -2.40. The van der Waals surface area contributed by atoms with Crippen molar-refractivity contribution < 1.29 is 0 Å². The van der Waals surface area contributed by atoms with Gasteiger partial charge in [0.15, 0.2) is 5.49 Å². The minimum Gasteiger partial charge on any atom is -0.282 e. The van der Waals surface area contributed by atoms with Crippen molar-refractivity contribution in [1.29, 1.82) is 10.7 Å². The van der Waals surface area contributed by atoms with Crippen LogP contribution in [0, 0.1) is 16.7 Å². The number of hydrogen-bond donors (Lipinski definition) is 1. The molecule has 0 atom stereocenters. The molecule has 0 amide bonds. The molecule has 6 nitrogen and oxygen atoms in total. The number of benzene rings is 1. The van der Waals surface area contributed by atoms with Crippen molar-refractivity contribution in [1.82, 2.24) is 14.3 Å². The van der Waals surface area contributed by atoms with Crippen molar-refractivity contribution in [2.45, 2.75) is 0 Å². The quantitative estimate of drug-likeness (QED) is 0.814. The Labute approximate surface area is 107 Å². The van der Waals surface area contributed by atoms with Gasteiger partial charge in [0.2, 0.25) is 5.69 Å². The van der Waals surface area contributed by atoms with Gasteiger partial charge in [-0.2, -0.15) is 9.94 Å². The molecule has 0 fully saturated rings. The molecule has 0 radical (unpaired) electrons. The summed E-state index contributed by atoms with van der Waals surface area (Å²) in [6, 6.07) is 8.24. The van der Waals surface area contributed by atoms with Crippen LogP contribution in [-0.4, -0.2) is 14.3 Å².